The summed E-state index contributed by atoms with van der Waals surface area (Å²) >= 11 is 0. The van der Waals surface area contributed by atoms with E-state index in [0.29, 0.717) is 28.8 Å². The van der Waals surface area contributed by atoms with E-state index >= 15 is 0 Å². The molecule has 0 aliphatic carbocycles. The molecule has 5 nitrogen and oxygen atoms in total. The van der Waals surface area contributed by atoms with Gasteiger partial charge in [-0.05, 0) is 54.3 Å². The van der Waals surface area contributed by atoms with Gasteiger partial charge in [0.1, 0.15) is 0 Å². The zero-order valence-corrected chi connectivity index (χ0v) is 17.2. The van der Waals surface area contributed by atoms with Gasteiger partial charge < -0.3 is 10.2 Å². The lowest BCUT2D eigenvalue weighted by atomic mass is 10.0. The van der Waals surface area contributed by atoms with E-state index < -0.39 is 26.5 Å². The summed E-state index contributed by atoms with van der Waals surface area (Å²) in [4.78, 5) is 6.01. The first-order chi connectivity index (χ1) is 14.7. The predicted molar refractivity (Wildman–Crippen MR) is 111 cm³/mol. The minimum atomic E-state index is -4.62. The second-order valence-electron chi connectivity index (χ2n) is 8.16. The summed E-state index contributed by atoms with van der Waals surface area (Å²) in [6.07, 6.45) is -3.42. The Morgan fingerprint density at radius 2 is 1.71 bits per heavy atom. The van der Waals surface area contributed by atoms with Crippen molar-refractivity contribution >= 4 is 26.4 Å². The fraction of sp³-hybridized carbons (Fsp3) is 0.318. The number of sulfone groups is 1. The largest absolute Gasteiger partial charge is 0.416 e. The number of nitrogens with one attached hydrogen (secondary N) is 1. The Balaban J connectivity index is 1.50. The van der Waals surface area contributed by atoms with Crippen LogP contribution < -0.4 is 10.2 Å². The van der Waals surface area contributed by atoms with Crippen LogP contribution >= 0.6 is 0 Å². The van der Waals surface area contributed by atoms with Crippen LogP contribution in [0.4, 0.5) is 18.9 Å². The molecule has 0 unspecified atom stereocenters. The minimum Gasteiger partial charge on any atom is -0.371 e. The van der Waals surface area contributed by atoms with Crippen LogP contribution in [0.15, 0.2) is 64.5 Å². The van der Waals surface area contributed by atoms with Crippen LogP contribution in [0.5, 0.6) is 0 Å². The van der Waals surface area contributed by atoms with Crippen molar-refractivity contribution in [2.24, 2.45) is 11.8 Å². The van der Waals surface area contributed by atoms with Crippen molar-refractivity contribution < 1.29 is 21.6 Å². The Morgan fingerprint density at radius 1 is 0.968 bits per heavy atom. The van der Waals surface area contributed by atoms with Crippen LogP contribution in [0.25, 0.3) is 10.9 Å². The fourth-order valence-electron chi connectivity index (χ4n) is 4.48. The molecule has 5 rings (SSSR count). The number of anilines is 1. The maximum Gasteiger partial charge on any atom is 0.416 e. The molecule has 2 atom stereocenters. The van der Waals surface area contributed by atoms with Gasteiger partial charge in [0, 0.05) is 43.4 Å². The Kier molecular flexibility index (Phi) is 4.71. The van der Waals surface area contributed by atoms with Gasteiger partial charge in [-0.25, -0.2) is 8.42 Å². The molecule has 0 radical (unpaired) electrons. The summed E-state index contributed by atoms with van der Waals surface area (Å²) in [5.41, 5.74) is 0.629. The number of alkyl halides is 3. The Hall–Kier alpha value is -2.65. The highest BCUT2D eigenvalue weighted by molar-refractivity contribution is 7.91. The van der Waals surface area contributed by atoms with Crippen LogP contribution in [0.2, 0.25) is 0 Å². The summed E-state index contributed by atoms with van der Waals surface area (Å²) in [6, 6.07) is 11.0. The molecule has 0 spiro atoms. The average molecular weight is 447 g/mol. The molecule has 2 fully saturated rings. The first kappa shape index (κ1) is 20.3. The Bertz CT molecular complexity index is 1250. The van der Waals surface area contributed by atoms with Gasteiger partial charge >= 0.3 is 6.18 Å². The molecule has 2 aliphatic rings. The molecule has 0 amide bonds. The second-order valence-corrected chi connectivity index (χ2v) is 10.1. The molecule has 0 bridgehead atoms. The van der Waals surface area contributed by atoms with E-state index in [4.69, 9.17) is 0 Å². The average Bonchev–Trinajstić information content (AvgIpc) is 3.35. The van der Waals surface area contributed by atoms with Crippen LogP contribution in [-0.4, -0.2) is 39.6 Å². The number of hydrogen-bond acceptors (Lipinski definition) is 5. The van der Waals surface area contributed by atoms with Crippen LogP contribution in [-0.2, 0) is 16.0 Å². The van der Waals surface area contributed by atoms with Gasteiger partial charge in [-0.3, -0.25) is 4.98 Å². The normalized spacial score (nSPS) is 21.6. The van der Waals surface area contributed by atoms with Crippen molar-refractivity contribution in [3.05, 3.63) is 60.3 Å². The van der Waals surface area contributed by atoms with Crippen molar-refractivity contribution in [3.8, 4) is 0 Å². The van der Waals surface area contributed by atoms with E-state index in [-0.39, 0.29) is 4.90 Å². The quantitative estimate of drug-likeness (QED) is 0.663. The smallest absolute Gasteiger partial charge is 0.371 e. The molecule has 9 heteroatoms. The maximum absolute atomic E-state index is 13.0. The number of fused-ring (bicyclic) bond motifs is 2. The predicted octanol–water partition coefficient (Wildman–Crippen LogP) is 3.74. The van der Waals surface area contributed by atoms with E-state index in [1.165, 1.54) is 18.3 Å². The van der Waals surface area contributed by atoms with Crippen molar-refractivity contribution in [3.63, 3.8) is 0 Å². The van der Waals surface area contributed by atoms with Gasteiger partial charge in [-0.1, -0.05) is 6.07 Å². The highest BCUT2D eigenvalue weighted by atomic mass is 32.2. The summed E-state index contributed by atoms with van der Waals surface area (Å²) in [5, 5.41) is 4.04. The number of nitrogens with zero attached hydrogens (tertiary/aromatic N) is 2. The molecule has 31 heavy (non-hydrogen) atoms. The van der Waals surface area contributed by atoms with Crippen molar-refractivity contribution in [2.75, 3.05) is 31.1 Å². The highest BCUT2D eigenvalue weighted by Gasteiger charge is 2.36. The van der Waals surface area contributed by atoms with E-state index in [9.17, 15) is 21.6 Å². The number of benzene rings is 2. The third kappa shape index (κ3) is 3.65. The molecule has 3 aromatic rings. The van der Waals surface area contributed by atoms with E-state index in [2.05, 4.69) is 15.2 Å². The maximum atomic E-state index is 13.0. The summed E-state index contributed by atoms with van der Waals surface area (Å²) in [7, 11) is -4.14. The lowest BCUT2D eigenvalue weighted by molar-refractivity contribution is -0.137. The minimum absolute atomic E-state index is 0.126. The number of hydrogen-bond donors (Lipinski definition) is 1. The molecule has 162 valence electrons. The molecular formula is C22H20F3N3O2S. The molecule has 1 aromatic heterocycles. The molecular weight excluding hydrogens is 427 g/mol. The van der Waals surface area contributed by atoms with Crippen molar-refractivity contribution in [1.82, 2.24) is 10.3 Å². The molecule has 1 N–H and O–H groups in total. The monoisotopic (exact) mass is 447 g/mol. The van der Waals surface area contributed by atoms with Crippen molar-refractivity contribution in [1.29, 1.82) is 0 Å². The first-order valence-electron chi connectivity index (χ1n) is 10.00. The van der Waals surface area contributed by atoms with Crippen LogP contribution in [0.3, 0.4) is 0 Å². The highest BCUT2D eigenvalue weighted by Crippen LogP contribution is 2.34. The standard InChI is InChI=1S/C22H20F3N3O2S/c23-22(24,25)17-2-1-3-19(8-17)31(29,30)20-7-14-6-18(4-5-21(14)27-11-20)28-12-15-9-26-10-16(15)13-28/h1-8,11,15-16,26H,9-10,12-13H2/t15-,16+. The van der Waals surface area contributed by atoms with Gasteiger partial charge in [0.15, 0.2) is 0 Å². The number of rotatable bonds is 3. The fourth-order valence-corrected chi connectivity index (χ4v) is 5.77. The Morgan fingerprint density at radius 3 is 2.42 bits per heavy atom. The number of aromatic nitrogens is 1. The molecule has 2 aliphatic heterocycles. The van der Waals surface area contributed by atoms with Gasteiger partial charge in [-0.15, -0.1) is 0 Å². The second kappa shape index (κ2) is 7.20. The summed E-state index contributed by atoms with van der Waals surface area (Å²) in [5.74, 6) is 1.22. The number of halogens is 3. The third-order valence-corrected chi connectivity index (χ3v) is 7.89. The lowest BCUT2D eigenvalue weighted by Gasteiger charge is -2.20. The van der Waals surface area contributed by atoms with Crippen LogP contribution in [0, 0.1) is 11.8 Å². The molecule has 3 heterocycles. The molecule has 2 saturated heterocycles. The van der Waals surface area contributed by atoms with E-state index in [1.54, 1.807) is 0 Å². The lowest BCUT2D eigenvalue weighted by Crippen LogP contribution is -2.25. The van der Waals surface area contributed by atoms with Crippen LogP contribution in [0.1, 0.15) is 5.56 Å². The third-order valence-electron chi connectivity index (χ3n) is 6.18. The van der Waals surface area contributed by atoms with E-state index in [1.807, 2.05) is 18.2 Å². The summed E-state index contributed by atoms with van der Waals surface area (Å²) < 4.78 is 65.1. The molecule has 0 saturated carbocycles. The van der Waals surface area contributed by atoms with Gasteiger partial charge in [0.05, 0.1) is 20.9 Å². The zero-order chi connectivity index (χ0) is 21.8. The molecule has 2 aromatic carbocycles. The Labute approximate surface area is 177 Å². The SMILES string of the molecule is O=S(=O)(c1cccc(C(F)(F)F)c1)c1cnc2ccc(N3C[C@H]4CNC[C@H]4C3)cc2c1. The van der Waals surface area contributed by atoms with Gasteiger partial charge in [0.2, 0.25) is 9.84 Å². The topological polar surface area (TPSA) is 62.3 Å². The zero-order valence-electron chi connectivity index (χ0n) is 16.4. The van der Waals surface area contributed by atoms with Crippen molar-refractivity contribution in [2.45, 2.75) is 16.0 Å². The summed E-state index contributed by atoms with van der Waals surface area (Å²) in [6.45, 7) is 3.91. The van der Waals surface area contributed by atoms with E-state index in [0.717, 1.165) is 44.0 Å². The number of pyridine rings is 1. The van der Waals surface area contributed by atoms with Gasteiger partial charge in [-0.2, -0.15) is 13.2 Å². The van der Waals surface area contributed by atoms with Gasteiger partial charge in [0.25, 0.3) is 0 Å². The first-order valence-corrected chi connectivity index (χ1v) is 11.5.